The minimum atomic E-state index is -0.130. The molecule has 1 unspecified atom stereocenters. The lowest BCUT2D eigenvalue weighted by molar-refractivity contribution is 0.604. The third-order valence-corrected chi connectivity index (χ3v) is 3.54. The number of halogens is 2. The van der Waals surface area contributed by atoms with Gasteiger partial charge in [-0.1, -0.05) is 35.9 Å². The van der Waals surface area contributed by atoms with Crippen molar-refractivity contribution in [1.82, 2.24) is 5.32 Å². The van der Waals surface area contributed by atoms with Gasteiger partial charge in [-0.15, -0.1) is 0 Å². The highest BCUT2D eigenvalue weighted by Gasteiger charge is 2.14. The Morgan fingerprint density at radius 2 is 1.53 bits per heavy atom. The first-order valence-corrected chi connectivity index (χ1v) is 6.60. The zero-order valence-corrected chi connectivity index (χ0v) is 12.1. The first-order chi connectivity index (χ1) is 9.02. The summed E-state index contributed by atoms with van der Waals surface area (Å²) in [5, 5.41) is 3.98. The average Bonchev–Trinajstić information content (AvgIpc) is 2.39. The predicted molar refractivity (Wildman–Crippen MR) is 78.2 cm³/mol. The van der Waals surface area contributed by atoms with Crippen LogP contribution in [0.2, 0.25) is 5.02 Å². The van der Waals surface area contributed by atoms with Crippen molar-refractivity contribution in [2.75, 3.05) is 7.05 Å². The molecular formula is C16H17ClFN. The molecule has 0 aromatic heterocycles. The number of benzene rings is 2. The Bertz CT molecular complexity index is 555. The van der Waals surface area contributed by atoms with Crippen LogP contribution in [-0.2, 0) is 0 Å². The summed E-state index contributed by atoms with van der Waals surface area (Å²) in [6.45, 7) is 3.58. The van der Waals surface area contributed by atoms with Gasteiger partial charge in [0.15, 0.2) is 0 Å². The van der Waals surface area contributed by atoms with Crippen molar-refractivity contribution in [3.63, 3.8) is 0 Å². The zero-order valence-electron chi connectivity index (χ0n) is 11.3. The van der Waals surface area contributed by atoms with Gasteiger partial charge in [-0.2, -0.15) is 0 Å². The molecule has 100 valence electrons. The van der Waals surface area contributed by atoms with E-state index in [1.165, 1.54) is 0 Å². The monoisotopic (exact) mass is 277 g/mol. The topological polar surface area (TPSA) is 12.0 Å². The number of rotatable bonds is 3. The van der Waals surface area contributed by atoms with Gasteiger partial charge in [0.05, 0.1) is 6.04 Å². The van der Waals surface area contributed by atoms with Crippen molar-refractivity contribution >= 4 is 11.6 Å². The fourth-order valence-corrected chi connectivity index (χ4v) is 2.45. The second-order valence-corrected chi connectivity index (χ2v) is 5.18. The second kappa shape index (κ2) is 5.72. The molecule has 19 heavy (non-hydrogen) atoms. The molecule has 0 fully saturated rings. The third kappa shape index (κ3) is 2.96. The van der Waals surface area contributed by atoms with Crippen molar-refractivity contribution in [2.24, 2.45) is 0 Å². The molecule has 0 radical (unpaired) electrons. The van der Waals surface area contributed by atoms with Gasteiger partial charge in [-0.05, 0) is 55.3 Å². The summed E-state index contributed by atoms with van der Waals surface area (Å²) in [6.07, 6.45) is 0. The highest BCUT2D eigenvalue weighted by molar-refractivity contribution is 6.30. The molecule has 1 atom stereocenters. The van der Waals surface area contributed by atoms with Crippen molar-refractivity contribution in [1.29, 1.82) is 0 Å². The van der Waals surface area contributed by atoms with Gasteiger partial charge in [-0.3, -0.25) is 0 Å². The van der Waals surface area contributed by atoms with Crippen LogP contribution >= 0.6 is 11.6 Å². The van der Waals surface area contributed by atoms with E-state index in [0.717, 1.165) is 11.1 Å². The first kappa shape index (κ1) is 14.0. The summed E-state index contributed by atoms with van der Waals surface area (Å²) in [7, 11) is 1.90. The Kier molecular flexibility index (Phi) is 4.23. The Labute approximate surface area is 118 Å². The number of hydrogen-bond acceptors (Lipinski definition) is 1. The molecular weight excluding hydrogens is 261 g/mol. The fourth-order valence-electron chi connectivity index (χ4n) is 2.33. The summed E-state index contributed by atoms with van der Waals surface area (Å²) in [5.74, 6) is -0.130. The normalized spacial score (nSPS) is 12.5. The van der Waals surface area contributed by atoms with Crippen LogP contribution in [0.25, 0.3) is 0 Å². The molecule has 2 aromatic carbocycles. The van der Waals surface area contributed by atoms with Crippen molar-refractivity contribution in [2.45, 2.75) is 19.9 Å². The SMILES string of the molecule is CNC(c1ccc(Cl)cc1)c1cc(C)c(F)c(C)c1. The van der Waals surface area contributed by atoms with Gasteiger partial charge in [-0.25, -0.2) is 4.39 Å². The molecule has 0 saturated carbocycles. The number of nitrogens with one attached hydrogen (secondary N) is 1. The molecule has 0 amide bonds. The first-order valence-electron chi connectivity index (χ1n) is 6.22. The summed E-state index contributed by atoms with van der Waals surface area (Å²) in [5.41, 5.74) is 3.51. The molecule has 0 aliphatic rings. The van der Waals surface area contributed by atoms with Gasteiger partial charge in [0, 0.05) is 5.02 Å². The van der Waals surface area contributed by atoms with Gasteiger partial charge >= 0.3 is 0 Å². The third-order valence-electron chi connectivity index (χ3n) is 3.28. The van der Waals surface area contributed by atoms with Gasteiger partial charge in [0.25, 0.3) is 0 Å². The summed E-state index contributed by atoms with van der Waals surface area (Å²) < 4.78 is 13.7. The quantitative estimate of drug-likeness (QED) is 0.876. The molecule has 0 spiro atoms. The van der Waals surface area contributed by atoms with E-state index in [1.54, 1.807) is 13.8 Å². The van der Waals surface area contributed by atoms with E-state index in [9.17, 15) is 4.39 Å². The van der Waals surface area contributed by atoms with E-state index in [-0.39, 0.29) is 11.9 Å². The number of aryl methyl sites for hydroxylation is 2. The van der Waals surface area contributed by atoms with Crippen LogP contribution in [-0.4, -0.2) is 7.05 Å². The van der Waals surface area contributed by atoms with Gasteiger partial charge < -0.3 is 5.32 Å². The van der Waals surface area contributed by atoms with Gasteiger partial charge in [0.2, 0.25) is 0 Å². The summed E-state index contributed by atoms with van der Waals surface area (Å²) in [4.78, 5) is 0. The maximum atomic E-state index is 13.7. The number of hydrogen-bond donors (Lipinski definition) is 1. The molecule has 0 saturated heterocycles. The van der Waals surface area contributed by atoms with Crippen molar-refractivity contribution < 1.29 is 4.39 Å². The maximum Gasteiger partial charge on any atom is 0.129 e. The maximum absolute atomic E-state index is 13.7. The van der Waals surface area contributed by atoms with E-state index < -0.39 is 0 Å². The summed E-state index contributed by atoms with van der Waals surface area (Å²) in [6, 6.07) is 11.5. The highest BCUT2D eigenvalue weighted by Crippen LogP contribution is 2.26. The van der Waals surface area contributed by atoms with E-state index in [1.807, 2.05) is 43.4 Å². The smallest absolute Gasteiger partial charge is 0.129 e. The average molecular weight is 278 g/mol. The van der Waals surface area contributed by atoms with E-state index in [0.29, 0.717) is 16.1 Å². The largest absolute Gasteiger partial charge is 0.309 e. The Morgan fingerprint density at radius 1 is 1.00 bits per heavy atom. The Balaban J connectivity index is 2.45. The van der Waals surface area contributed by atoms with Crippen LogP contribution in [0.5, 0.6) is 0 Å². The van der Waals surface area contributed by atoms with Crippen LogP contribution in [0.15, 0.2) is 36.4 Å². The van der Waals surface area contributed by atoms with Crippen LogP contribution < -0.4 is 5.32 Å². The molecule has 0 aliphatic carbocycles. The second-order valence-electron chi connectivity index (χ2n) is 4.74. The van der Waals surface area contributed by atoms with Crippen molar-refractivity contribution in [3.8, 4) is 0 Å². The van der Waals surface area contributed by atoms with Crippen molar-refractivity contribution in [3.05, 3.63) is 69.5 Å². The molecule has 2 rings (SSSR count). The fraction of sp³-hybridized carbons (Fsp3) is 0.250. The molecule has 0 heterocycles. The standard InChI is InChI=1S/C16H17ClFN/c1-10-8-13(9-11(2)15(10)18)16(19-3)12-4-6-14(17)7-5-12/h4-9,16,19H,1-3H3. The Hall–Kier alpha value is -1.38. The molecule has 1 N–H and O–H groups in total. The highest BCUT2D eigenvalue weighted by atomic mass is 35.5. The Morgan fingerprint density at radius 3 is 2.00 bits per heavy atom. The summed E-state index contributed by atoms with van der Waals surface area (Å²) >= 11 is 5.91. The zero-order chi connectivity index (χ0) is 14.0. The molecule has 3 heteroatoms. The van der Waals surface area contributed by atoms with Crippen LogP contribution in [0.1, 0.15) is 28.3 Å². The van der Waals surface area contributed by atoms with Crippen LogP contribution in [0.4, 0.5) is 4.39 Å². The molecule has 0 bridgehead atoms. The minimum Gasteiger partial charge on any atom is -0.309 e. The lowest BCUT2D eigenvalue weighted by Gasteiger charge is -2.19. The van der Waals surface area contributed by atoms with E-state index in [2.05, 4.69) is 5.32 Å². The van der Waals surface area contributed by atoms with Gasteiger partial charge in [0.1, 0.15) is 5.82 Å². The minimum absolute atomic E-state index is 0.0373. The predicted octanol–water partition coefficient (Wildman–Crippen LogP) is 4.40. The molecule has 2 aromatic rings. The lowest BCUT2D eigenvalue weighted by atomic mass is 9.95. The molecule has 1 nitrogen and oxygen atoms in total. The molecule has 0 aliphatic heterocycles. The van der Waals surface area contributed by atoms with E-state index >= 15 is 0 Å². The van der Waals surface area contributed by atoms with Crippen LogP contribution in [0.3, 0.4) is 0 Å². The lowest BCUT2D eigenvalue weighted by Crippen LogP contribution is -2.18. The van der Waals surface area contributed by atoms with E-state index in [4.69, 9.17) is 11.6 Å². The van der Waals surface area contributed by atoms with Crippen LogP contribution in [0, 0.1) is 19.7 Å².